The summed E-state index contributed by atoms with van der Waals surface area (Å²) in [7, 11) is 0. The van der Waals surface area contributed by atoms with Gasteiger partial charge in [-0.3, -0.25) is 0 Å². The maximum Gasteiger partial charge on any atom is 0.00194 e. The van der Waals surface area contributed by atoms with Gasteiger partial charge in [0.2, 0.25) is 0 Å². The molecule has 0 spiro atoms. The highest BCUT2D eigenvalue weighted by atomic mass is 32.1. The smallest absolute Gasteiger partial charge is 0.00194 e. The van der Waals surface area contributed by atoms with E-state index in [-0.39, 0.29) is 0 Å². The van der Waals surface area contributed by atoms with Crippen molar-refractivity contribution in [3.63, 3.8) is 0 Å². The molecule has 0 nitrogen and oxygen atoms in total. The minimum absolute atomic E-state index is 0.518. The van der Waals surface area contributed by atoms with Crippen LogP contribution in [-0.2, 0) is 0 Å². The predicted molar refractivity (Wildman–Crippen MR) is 51.4 cm³/mol. The molecule has 0 saturated carbocycles. The van der Waals surface area contributed by atoms with Crippen LogP contribution in [0.2, 0.25) is 0 Å². The highest BCUT2D eigenvalue weighted by Crippen LogP contribution is 2.19. The zero-order valence-corrected chi connectivity index (χ0v) is 8.03. The van der Waals surface area contributed by atoms with Crippen molar-refractivity contribution in [2.75, 3.05) is 0 Å². The monoisotopic (exact) mass is 159 g/mol. The molecule has 10 heavy (non-hydrogen) atoms. The summed E-state index contributed by atoms with van der Waals surface area (Å²) in [6, 6.07) is 0. The van der Waals surface area contributed by atoms with Gasteiger partial charge in [0.15, 0.2) is 0 Å². The second-order valence-electron chi connectivity index (χ2n) is 2.86. The van der Waals surface area contributed by atoms with Gasteiger partial charge in [0.05, 0.1) is 0 Å². The minimum atomic E-state index is 0.518. The predicted octanol–water partition coefficient (Wildman–Crippen LogP) is 3.34. The van der Waals surface area contributed by atoms with E-state index < -0.39 is 0 Å². The van der Waals surface area contributed by atoms with E-state index in [1.807, 2.05) is 0 Å². The van der Waals surface area contributed by atoms with Crippen molar-refractivity contribution in [1.82, 2.24) is 0 Å². The molecule has 0 rings (SSSR count). The molecule has 0 aliphatic heterocycles. The van der Waals surface area contributed by atoms with Crippen LogP contribution in [0.5, 0.6) is 0 Å². The molecule has 0 heterocycles. The molecule has 0 N–H and O–H groups in total. The molecule has 1 heteroatoms. The fourth-order valence-corrected chi connectivity index (χ4v) is 1.42. The van der Waals surface area contributed by atoms with E-state index in [4.69, 9.17) is 0 Å². The van der Waals surface area contributed by atoms with Gasteiger partial charge in [-0.1, -0.05) is 33.6 Å². The molecule has 0 aromatic heterocycles. The fourth-order valence-electron chi connectivity index (χ4n) is 1.12. The fraction of sp³-hybridized carbons (Fsp3) is 0.889. The van der Waals surface area contributed by atoms with Gasteiger partial charge in [-0.05, 0) is 18.8 Å². The largest absolute Gasteiger partial charge is 0.176 e. The summed E-state index contributed by atoms with van der Waals surface area (Å²) in [6.07, 6.45) is 4.76. The van der Waals surface area contributed by atoms with Crippen molar-refractivity contribution >= 4 is 12.6 Å². The Balaban J connectivity index is 3.41. The van der Waals surface area contributed by atoms with Gasteiger partial charge < -0.3 is 0 Å². The number of rotatable bonds is 5. The van der Waals surface area contributed by atoms with Gasteiger partial charge in [-0.15, -0.1) is 0 Å². The first kappa shape index (κ1) is 10.3. The molecular weight excluding hydrogens is 140 g/mol. The standard InChI is InChI=1S/C9H19S/c1-4-8(5-2)7-9(10)6-3/h8-10H,3-7H2,1-2H3. The van der Waals surface area contributed by atoms with E-state index in [1.165, 1.54) is 19.3 Å². The Morgan fingerprint density at radius 1 is 1.30 bits per heavy atom. The van der Waals surface area contributed by atoms with Gasteiger partial charge in [-0.25, -0.2) is 0 Å². The first-order valence-electron chi connectivity index (χ1n) is 4.21. The average Bonchev–Trinajstić information content (AvgIpc) is 1.99. The van der Waals surface area contributed by atoms with Gasteiger partial charge in [0.1, 0.15) is 0 Å². The van der Waals surface area contributed by atoms with Crippen LogP contribution < -0.4 is 0 Å². The highest BCUT2D eigenvalue weighted by molar-refractivity contribution is 7.80. The van der Waals surface area contributed by atoms with Crippen LogP contribution in [0.15, 0.2) is 0 Å². The molecule has 0 saturated heterocycles. The van der Waals surface area contributed by atoms with Crippen molar-refractivity contribution in [1.29, 1.82) is 0 Å². The van der Waals surface area contributed by atoms with Gasteiger partial charge >= 0.3 is 0 Å². The van der Waals surface area contributed by atoms with Gasteiger partial charge in [0, 0.05) is 5.25 Å². The first-order valence-corrected chi connectivity index (χ1v) is 4.73. The Hall–Kier alpha value is 0.350. The van der Waals surface area contributed by atoms with Crippen LogP contribution in [0.1, 0.15) is 39.5 Å². The van der Waals surface area contributed by atoms with Crippen molar-refractivity contribution in [2.45, 2.75) is 44.8 Å². The molecule has 1 radical (unpaired) electrons. The summed E-state index contributed by atoms with van der Waals surface area (Å²) in [5.74, 6) is 0.865. The Labute approximate surface area is 70.8 Å². The molecule has 1 unspecified atom stereocenters. The molecule has 0 aromatic rings. The zero-order valence-electron chi connectivity index (χ0n) is 7.14. The minimum Gasteiger partial charge on any atom is -0.176 e. The van der Waals surface area contributed by atoms with Crippen LogP contribution in [0.4, 0.5) is 0 Å². The molecule has 0 aliphatic carbocycles. The van der Waals surface area contributed by atoms with Gasteiger partial charge in [-0.2, -0.15) is 12.6 Å². The maximum absolute atomic E-state index is 4.41. The van der Waals surface area contributed by atoms with E-state index in [9.17, 15) is 0 Å². The highest BCUT2D eigenvalue weighted by Gasteiger charge is 2.07. The molecule has 0 aliphatic rings. The Morgan fingerprint density at radius 2 is 1.80 bits per heavy atom. The second-order valence-corrected chi connectivity index (χ2v) is 3.59. The van der Waals surface area contributed by atoms with Crippen molar-refractivity contribution in [3.05, 3.63) is 6.92 Å². The molecule has 0 bridgehead atoms. The lowest BCUT2D eigenvalue weighted by atomic mass is 9.97. The normalized spacial score (nSPS) is 14.1. The lowest BCUT2D eigenvalue weighted by Gasteiger charge is -2.15. The van der Waals surface area contributed by atoms with Crippen LogP contribution in [-0.4, -0.2) is 5.25 Å². The number of hydrogen-bond acceptors (Lipinski definition) is 1. The average molecular weight is 159 g/mol. The van der Waals surface area contributed by atoms with Crippen molar-refractivity contribution in [2.24, 2.45) is 5.92 Å². The Kier molecular flexibility index (Phi) is 6.30. The number of hydrogen-bond donors (Lipinski definition) is 1. The van der Waals surface area contributed by atoms with Crippen LogP contribution >= 0.6 is 12.6 Å². The Bertz CT molecular complexity index is 67.1. The molecule has 1 atom stereocenters. The van der Waals surface area contributed by atoms with E-state index in [1.54, 1.807) is 0 Å². The van der Waals surface area contributed by atoms with Gasteiger partial charge in [0.25, 0.3) is 0 Å². The molecule has 0 fully saturated rings. The third-order valence-electron chi connectivity index (χ3n) is 2.09. The summed E-state index contributed by atoms with van der Waals surface area (Å²) < 4.78 is 0. The van der Waals surface area contributed by atoms with Crippen molar-refractivity contribution in [3.8, 4) is 0 Å². The maximum atomic E-state index is 4.41. The summed E-state index contributed by atoms with van der Waals surface area (Å²) in [4.78, 5) is 0. The second kappa shape index (κ2) is 6.09. The Morgan fingerprint density at radius 3 is 2.10 bits per heavy atom. The lowest BCUT2D eigenvalue weighted by molar-refractivity contribution is 0.450. The van der Waals surface area contributed by atoms with Crippen LogP contribution in [0.25, 0.3) is 0 Å². The van der Waals surface area contributed by atoms with E-state index in [0.29, 0.717) is 5.25 Å². The summed E-state index contributed by atoms with van der Waals surface area (Å²) in [6.45, 7) is 8.33. The van der Waals surface area contributed by atoms with Crippen LogP contribution in [0, 0.1) is 12.8 Å². The van der Waals surface area contributed by atoms with Crippen molar-refractivity contribution < 1.29 is 0 Å². The number of thiol groups is 1. The third kappa shape index (κ3) is 4.21. The quantitative estimate of drug-likeness (QED) is 0.584. The third-order valence-corrected chi connectivity index (χ3v) is 2.56. The molecular formula is C9H19S. The van der Waals surface area contributed by atoms with E-state index in [2.05, 4.69) is 33.4 Å². The molecule has 0 amide bonds. The van der Waals surface area contributed by atoms with Crippen LogP contribution in [0.3, 0.4) is 0 Å². The molecule has 61 valence electrons. The summed E-state index contributed by atoms with van der Waals surface area (Å²) >= 11 is 4.41. The van der Waals surface area contributed by atoms with E-state index >= 15 is 0 Å². The summed E-state index contributed by atoms with van der Waals surface area (Å²) in [5, 5.41) is 0.518. The molecule has 0 aromatic carbocycles. The topological polar surface area (TPSA) is 0 Å². The first-order chi connectivity index (χ1) is 4.74. The lowest BCUT2D eigenvalue weighted by Crippen LogP contribution is -2.06. The summed E-state index contributed by atoms with van der Waals surface area (Å²) in [5.41, 5.74) is 0. The SMILES string of the molecule is [CH2]CC(S)CC(CC)CC. The van der Waals surface area contributed by atoms with E-state index in [0.717, 1.165) is 12.3 Å². The zero-order chi connectivity index (χ0) is 7.98.